The normalized spacial score (nSPS) is 24.5. The van der Waals surface area contributed by atoms with Gasteiger partial charge in [-0.3, -0.25) is 4.79 Å². The molecule has 4 heteroatoms. The van der Waals surface area contributed by atoms with Gasteiger partial charge in [0.15, 0.2) is 0 Å². The van der Waals surface area contributed by atoms with Gasteiger partial charge in [-0.05, 0) is 11.6 Å². The van der Waals surface area contributed by atoms with Gasteiger partial charge in [-0.2, -0.15) is 5.26 Å². The van der Waals surface area contributed by atoms with E-state index in [0.717, 1.165) is 0 Å². The van der Waals surface area contributed by atoms with Gasteiger partial charge in [0.2, 0.25) is 5.78 Å². The first-order chi connectivity index (χ1) is 6.58. The fraction of sp³-hybridized carbons (Fsp3) is 0.200. The molecule has 1 aromatic carbocycles. The Balaban J connectivity index is 2.64. The van der Waals surface area contributed by atoms with Crippen molar-refractivity contribution in [3.05, 3.63) is 33.8 Å². The van der Waals surface area contributed by atoms with E-state index in [-0.39, 0.29) is 6.42 Å². The standard InChI is InChI=1S/C10H5BrFNO/c11-7-3-1-2-6-4-10(12,5-13)9(14)8(6)7/h1-3H,4H2. The van der Waals surface area contributed by atoms with Crippen molar-refractivity contribution in [2.45, 2.75) is 12.1 Å². The number of carbonyl (C=O) groups is 1. The van der Waals surface area contributed by atoms with Gasteiger partial charge in [0, 0.05) is 16.5 Å². The van der Waals surface area contributed by atoms with Crippen molar-refractivity contribution in [3.8, 4) is 6.07 Å². The minimum Gasteiger partial charge on any atom is -0.289 e. The van der Waals surface area contributed by atoms with Crippen LogP contribution in [-0.2, 0) is 6.42 Å². The lowest BCUT2D eigenvalue weighted by Gasteiger charge is -2.04. The van der Waals surface area contributed by atoms with Gasteiger partial charge in [0.1, 0.15) is 6.07 Å². The van der Waals surface area contributed by atoms with Crippen LogP contribution in [0, 0.1) is 11.3 Å². The average molecular weight is 254 g/mol. The van der Waals surface area contributed by atoms with E-state index in [0.29, 0.717) is 15.6 Å². The summed E-state index contributed by atoms with van der Waals surface area (Å²) >= 11 is 3.17. The third-order valence-corrected chi connectivity index (χ3v) is 2.96. The number of nitriles is 1. The maximum atomic E-state index is 13.7. The van der Waals surface area contributed by atoms with Crippen molar-refractivity contribution < 1.29 is 9.18 Å². The highest BCUT2D eigenvalue weighted by atomic mass is 79.9. The zero-order valence-electron chi connectivity index (χ0n) is 7.05. The van der Waals surface area contributed by atoms with Gasteiger partial charge < -0.3 is 0 Å². The first-order valence-corrected chi connectivity index (χ1v) is 4.80. The molecule has 0 heterocycles. The summed E-state index contributed by atoms with van der Waals surface area (Å²) in [6, 6.07) is 6.48. The topological polar surface area (TPSA) is 40.9 Å². The number of rotatable bonds is 0. The van der Waals surface area contributed by atoms with Crippen LogP contribution in [0.4, 0.5) is 4.39 Å². The Morgan fingerprint density at radius 2 is 2.29 bits per heavy atom. The van der Waals surface area contributed by atoms with E-state index in [2.05, 4.69) is 15.9 Å². The Morgan fingerprint density at radius 1 is 1.57 bits per heavy atom. The number of carbonyl (C=O) groups excluding carboxylic acids is 1. The van der Waals surface area contributed by atoms with Crippen molar-refractivity contribution in [1.29, 1.82) is 5.26 Å². The number of hydrogen-bond acceptors (Lipinski definition) is 2. The molecule has 1 aliphatic carbocycles. The molecule has 0 bridgehead atoms. The number of fused-ring (bicyclic) bond motifs is 1. The lowest BCUT2D eigenvalue weighted by atomic mass is 10.0. The van der Waals surface area contributed by atoms with E-state index in [4.69, 9.17) is 5.26 Å². The zero-order chi connectivity index (χ0) is 10.3. The molecule has 2 rings (SSSR count). The van der Waals surface area contributed by atoms with Crippen LogP contribution in [0.3, 0.4) is 0 Å². The summed E-state index contributed by atoms with van der Waals surface area (Å²) in [6.07, 6.45) is -0.142. The lowest BCUT2D eigenvalue weighted by molar-refractivity contribution is 0.0819. The van der Waals surface area contributed by atoms with Crippen LogP contribution in [0.15, 0.2) is 22.7 Å². The van der Waals surface area contributed by atoms with Crippen molar-refractivity contribution in [2.75, 3.05) is 0 Å². The summed E-state index contributed by atoms with van der Waals surface area (Å²) in [4.78, 5) is 11.5. The fourth-order valence-electron chi connectivity index (χ4n) is 1.60. The van der Waals surface area contributed by atoms with Gasteiger partial charge in [0.05, 0.1) is 0 Å². The maximum absolute atomic E-state index is 13.7. The summed E-state index contributed by atoms with van der Waals surface area (Å²) in [5, 5.41) is 8.60. The smallest absolute Gasteiger partial charge is 0.261 e. The van der Waals surface area contributed by atoms with Crippen molar-refractivity contribution in [1.82, 2.24) is 0 Å². The molecule has 0 aromatic heterocycles. The van der Waals surface area contributed by atoms with Crippen molar-refractivity contribution in [2.24, 2.45) is 0 Å². The minimum absolute atomic E-state index is 0.142. The molecule has 0 spiro atoms. The predicted molar refractivity (Wildman–Crippen MR) is 51.6 cm³/mol. The van der Waals surface area contributed by atoms with E-state index in [1.165, 1.54) is 6.07 Å². The number of nitrogens with zero attached hydrogens (tertiary/aromatic N) is 1. The summed E-state index contributed by atoms with van der Waals surface area (Å²) in [5.41, 5.74) is -1.48. The van der Waals surface area contributed by atoms with Crippen LogP contribution in [0.25, 0.3) is 0 Å². The molecule has 0 saturated carbocycles. The molecule has 0 saturated heterocycles. The Kier molecular flexibility index (Phi) is 1.93. The summed E-state index contributed by atoms with van der Waals surface area (Å²) in [5.74, 6) is -0.734. The van der Waals surface area contributed by atoms with Crippen molar-refractivity contribution in [3.63, 3.8) is 0 Å². The quantitative estimate of drug-likeness (QED) is 0.713. The second-order valence-corrected chi connectivity index (χ2v) is 4.05. The number of Topliss-reactive ketones (excluding diaryl/α,β-unsaturated/α-hetero) is 1. The zero-order valence-corrected chi connectivity index (χ0v) is 8.64. The van der Waals surface area contributed by atoms with Gasteiger partial charge in [-0.25, -0.2) is 4.39 Å². The van der Waals surface area contributed by atoms with Crippen LogP contribution in [0.1, 0.15) is 15.9 Å². The molecule has 0 amide bonds. The third kappa shape index (κ3) is 1.09. The van der Waals surface area contributed by atoms with Gasteiger partial charge in [-0.1, -0.05) is 28.1 Å². The van der Waals surface area contributed by atoms with E-state index in [1.54, 1.807) is 18.2 Å². The highest BCUT2D eigenvalue weighted by molar-refractivity contribution is 9.10. The molecule has 70 valence electrons. The molecule has 1 aliphatic rings. The van der Waals surface area contributed by atoms with E-state index < -0.39 is 11.5 Å². The van der Waals surface area contributed by atoms with Crippen molar-refractivity contribution >= 4 is 21.7 Å². The van der Waals surface area contributed by atoms with Gasteiger partial charge in [0.25, 0.3) is 5.67 Å². The molecule has 0 N–H and O–H groups in total. The molecule has 0 radical (unpaired) electrons. The second kappa shape index (κ2) is 2.89. The molecule has 0 fully saturated rings. The van der Waals surface area contributed by atoms with E-state index in [9.17, 15) is 9.18 Å². The molecule has 1 aromatic rings. The monoisotopic (exact) mass is 253 g/mol. The molecule has 1 unspecified atom stereocenters. The number of hydrogen-bond donors (Lipinski definition) is 0. The Bertz CT molecular complexity index is 466. The first-order valence-electron chi connectivity index (χ1n) is 4.01. The molecule has 0 aliphatic heterocycles. The minimum atomic E-state index is -2.37. The highest BCUT2D eigenvalue weighted by Crippen LogP contribution is 2.36. The SMILES string of the molecule is N#CC1(F)Cc2cccc(Br)c2C1=O. The predicted octanol–water partition coefficient (Wildman–Crippen LogP) is 2.42. The van der Waals surface area contributed by atoms with Crippen LogP contribution < -0.4 is 0 Å². The molecule has 14 heavy (non-hydrogen) atoms. The number of ketones is 1. The summed E-state index contributed by atoms with van der Waals surface area (Å²) < 4.78 is 14.2. The fourth-order valence-corrected chi connectivity index (χ4v) is 2.19. The first kappa shape index (κ1) is 9.35. The third-order valence-electron chi connectivity index (χ3n) is 2.30. The molecular formula is C10H5BrFNO. The molecular weight excluding hydrogens is 249 g/mol. The van der Waals surface area contributed by atoms with Crippen LogP contribution >= 0.6 is 15.9 Å². The van der Waals surface area contributed by atoms with E-state index in [1.807, 2.05) is 0 Å². The van der Waals surface area contributed by atoms with Crippen LogP contribution in [0.2, 0.25) is 0 Å². The number of benzene rings is 1. The Hall–Kier alpha value is -1.21. The van der Waals surface area contributed by atoms with E-state index >= 15 is 0 Å². The maximum Gasteiger partial charge on any atom is 0.261 e. The average Bonchev–Trinajstić information content (AvgIpc) is 2.42. The number of alkyl halides is 1. The molecule has 2 nitrogen and oxygen atoms in total. The number of halogens is 2. The van der Waals surface area contributed by atoms with Crippen LogP contribution in [-0.4, -0.2) is 11.5 Å². The Labute approximate surface area is 88.5 Å². The van der Waals surface area contributed by atoms with Gasteiger partial charge in [-0.15, -0.1) is 0 Å². The van der Waals surface area contributed by atoms with Crippen LogP contribution in [0.5, 0.6) is 0 Å². The Morgan fingerprint density at radius 3 is 2.86 bits per heavy atom. The highest BCUT2D eigenvalue weighted by Gasteiger charge is 2.47. The lowest BCUT2D eigenvalue weighted by Crippen LogP contribution is -2.28. The summed E-state index contributed by atoms with van der Waals surface area (Å²) in [7, 11) is 0. The molecule has 1 atom stereocenters. The second-order valence-electron chi connectivity index (χ2n) is 3.19. The summed E-state index contributed by atoms with van der Waals surface area (Å²) in [6.45, 7) is 0. The largest absolute Gasteiger partial charge is 0.289 e. The van der Waals surface area contributed by atoms with Gasteiger partial charge >= 0.3 is 0 Å².